The van der Waals surface area contributed by atoms with Crippen molar-refractivity contribution >= 4 is 70.9 Å². The first kappa shape index (κ1) is 38.4. The highest BCUT2D eigenvalue weighted by molar-refractivity contribution is 6.22. The van der Waals surface area contributed by atoms with Gasteiger partial charge in [0.15, 0.2) is 0 Å². The SMILES string of the molecule is Cc1ccc(N(c2ccc3cc(-c4c5ccccc5c(-c5cc(-c6ccccc6)cc(-c6ccccc6)c5)c5ccccc45)ccc3c2)c2ccc(C)c3ccccc23)c2ccccc12. The fourth-order valence-corrected chi connectivity index (χ4v) is 10.3. The lowest BCUT2D eigenvalue weighted by molar-refractivity contribution is 1.31. The molecule has 0 spiro atoms. The van der Waals surface area contributed by atoms with Gasteiger partial charge < -0.3 is 4.90 Å². The molecule has 12 aromatic rings. The molecule has 0 aliphatic rings. The highest BCUT2D eigenvalue weighted by atomic mass is 15.1. The lowest BCUT2D eigenvalue weighted by atomic mass is 9.84. The third-order valence-electron chi connectivity index (χ3n) is 13.5. The number of nitrogens with zero attached hydrogens (tertiary/aromatic N) is 1. The Morgan fingerprint density at radius 3 is 1.12 bits per heavy atom. The Kier molecular flexibility index (Phi) is 9.35. The quantitative estimate of drug-likeness (QED) is 0.145. The van der Waals surface area contributed by atoms with E-state index in [1.807, 2.05) is 0 Å². The van der Waals surface area contributed by atoms with E-state index in [1.54, 1.807) is 0 Å². The molecule has 0 aromatic heterocycles. The molecule has 0 aliphatic carbocycles. The maximum absolute atomic E-state index is 2.46. The Balaban J connectivity index is 1.04. The van der Waals surface area contributed by atoms with Crippen molar-refractivity contribution < 1.29 is 0 Å². The number of aryl methyl sites for hydroxylation is 2. The first-order valence-corrected chi connectivity index (χ1v) is 22.6. The van der Waals surface area contributed by atoms with Crippen LogP contribution >= 0.6 is 0 Å². The first-order valence-electron chi connectivity index (χ1n) is 22.6. The van der Waals surface area contributed by atoms with Gasteiger partial charge in [0, 0.05) is 16.5 Å². The van der Waals surface area contributed by atoms with Gasteiger partial charge in [-0.2, -0.15) is 0 Å². The predicted molar refractivity (Wildman–Crippen MR) is 280 cm³/mol. The van der Waals surface area contributed by atoms with Gasteiger partial charge in [-0.15, -0.1) is 0 Å². The molecule has 0 fully saturated rings. The van der Waals surface area contributed by atoms with Crippen LogP contribution in [0.3, 0.4) is 0 Å². The van der Waals surface area contributed by atoms with Crippen LogP contribution in [0.25, 0.3) is 98.4 Å². The van der Waals surface area contributed by atoms with Crippen LogP contribution in [0.15, 0.2) is 237 Å². The van der Waals surface area contributed by atoms with E-state index in [1.165, 1.54) is 121 Å². The van der Waals surface area contributed by atoms with Crippen LogP contribution < -0.4 is 4.90 Å². The van der Waals surface area contributed by atoms with Gasteiger partial charge in [-0.05, 0) is 161 Å². The van der Waals surface area contributed by atoms with E-state index in [9.17, 15) is 0 Å². The van der Waals surface area contributed by atoms with Gasteiger partial charge in [0.2, 0.25) is 0 Å². The van der Waals surface area contributed by atoms with E-state index in [0.29, 0.717) is 0 Å². The van der Waals surface area contributed by atoms with Gasteiger partial charge in [-0.3, -0.25) is 0 Å². The van der Waals surface area contributed by atoms with Crippen molar-refractivity contribution in [3.8, 4) is 44.5 Å². The maximum atomic E-state index is 2.46. The van der Waals surface area contributed by atoms with Crippen LogP contribution in [-0.4, -0.2) is 0 Å². The van der Waals surface area contributed by atoms with Crippen molar-refractivity contribution in [2.75, 3.05) is 4.90 Å². The summed E-state index contributed by atoms with van der Waals surface area (Å²) in [7, 11) is 0. The summed E-state index contributed by atoms with van der Waals surface area (Å²) in [6, 6.07) is 87.3. The summed E-state index contributed by atoms with van der Waals surface area (Å²) in [4.78, 5) is 2.46. The lowest BCUT2D eigenvalue weighted by Crippen LogP contribution is -2.11. The van der Waals surface area contributed by atoms with Crippen molar-refractivity contribution in [3.63, 3.8) is 0 Å². The molecule has 0 radical (unpaired) electrons. The summed E-state index contributed by atoms with van der Waals surface area (Å²) in [5.41, 5.74) is 15.8. The van der Waals surface area contributed by atoms with Crippen LogP contribution in [0.5, 0.6) is 0 Å². The Hall–Kier alpha value is -8.26. The Morgan fingerprint density at radius 1 is 0.246 bits per heavy atom. The molecule has 0 N–H and O–H groups in total. The molecular weight excluding hydrogens is 783 g/mol. The maximum Gasteiger partial charge on any atom is 0.0540 e. The summed E-state index contributed by atoms with van der Waals surface area (Å²) >= 11 is 0. The third-order valence-corrected chi connectivity index (χ3v) is 13.5. The average Bonchev–Trinajstić information content (AvgIpc) is 3.37. The number of hydrogen-bond acceptors (Lipinski definition) is 1. The van der Waals surface area contributed by atoms with Crippen molar-refractivity contribution in [2.24, 2.45) is 0 Å². The minimum absolute atomic E-state index is 1.13. The van der Waals surface area contributed by atoms with Crippen LogP contribution in [-0.2, 0) is 0 Å². The van der Waals surface area contributed by atoms with E-state index in [4.69, 9.17) is 0 Å². The normalized spacial score (nSPS) is 11.5. The molecule has 65 heavy (non-hydrogen) atoms. The second-order valence-corrected chi connectivity index (χ2v) is 17.3. The fourth-order valence-electron chi connectivity index (χ4n) is 10.3. The van der Waals surface area contributed by atoms with Gasteiger partial charge in [0.25, 0.3) is 0 Å². The van der Waals surface area contributed by atoms with E-state index in [0.717, 1.165) is 5.69 Å². The van der Waals surface area contributed by atoms with Gasteiger partial charge in [-0.25, -0.2) is 0 Å². The number of hydrogen-bond donors (Lipinski definition) is 0. The van der Waals surface area contributed by atoms with E-state index in [2.05, 4.69) is 255 Å². The molecule has 1 nitrogen and oxygen atoms in total. The molecule has 0 saturated carbocycles. The molecule has 0 atom stereocenters. The Bertz CT molecular complexity index is 3590. The first-order chi connectivity index (χ1) is 32.1. The van der Waals surface area contributed by atoms with Gasteiger partial charge in [-0.1, -0.05) is 188 Å². The summed E-state index contributed by atoms with van der Waals surface area (Å²) in [6.45, 7) is 4.41. The standard InChI is InChI=1S/C64H45N/c1-42-29-35-61(55-23-11-9-21-53(42)55)65(62-36-30-43(2)54-22-10-12-24-56(54)62)52-34-33-46-37-48(32-31-47(46)41-52)63-57-25-13-15-27-59(57)64(60-28-16-14-26-58(60)63)51-39-49(44-17-5-3-6-18-44)38-50(40-51)45-19-7-4-8-20-45/h3-41H,1-2H3. The number of rotatable bonds is 7. The molecule has 306 valence electrons. The van der Waals surface area contributed by atoms with Crippen LogP contribution in [0.1, 0.15) is 11.1 Å². The lowest BCUT2D eigenvalue weighted by Gasteiger charge is -2.29. The molecule has 0 aliphatic heterocycles. The zero-order valence-corrected chi connectivity index (χ0v) is 36.5. The summed E-state index contributed by atoms with van der Waals surface area (Å²) in [6.07, 6.45) is 0. The monoisotopic (exact) mass is 827 g/mol. The number of anilines is 3. The van der Waals surface area contributed by atoms with Crippen molar-refractivity contribution in [3.05, 3.63) is 248 Å². The largest absolute Gasteiger partial charge is 0.309 e. The minimum Gasteiger partial charge on any atom is -0.309 e. The minimum atomic E-state index is 1.13. The zero-order chi connectivity index (χ0) is 43.4. The van der Waals surface area contributed by atoms with Crippen LogP contribution in [0.2, 0.25) is 0 Å². The van der Waals surface area contributed by atoms with E-state index in [-0.39, 0.29) is 0 Å². The van der Waals surface area contributed by atoms with Crippen molar-refractivity contribution in [1.29, 1.82) is 0 Å². The molecule has 0 unspecified atom stereocenters. The summed E-state index contributed by atoms with van der Waals surface area (Å²) in [5.74, 6) is 0. The smallest absolute Gasteiger partial charge is 0.0540 e. The van der Waals surface area contributed by atoms with Gasteiger partial charge >= 0.3 is 0 Å². The molecule has 0 amide bonds. The van der Waals surface area contributed by atoms with Gasteiger partial charge in [0.05, 0.1) is 11.4 Å². The molecular formula is C64H45N. The zero-order valence-electron chi connectivity index (χ0n) is 36.5. The highest BCUT2D eigenvalue weighted by Gasteiger charge is 2.21. The molecule has 12 aromatic carbocycles. The number of fused-ring (bicyclic) bond motifs is 5. The molecule has 0 heterocycles. The molecule has 1 heteroatoms. The van der Waals surface area contributed by atoms with Crippen molar-refractivity contribution in [1.82, 2.24) is 0 Å². The highest BCUT2D eigenvalue weighted by Crippen LogP contribution is 2.47. The van der Waals surface area contributed by atoms with Crippen LogP contribution in [0, 0.1) is 13.8 Å². The molecule has 12 rings (SSSR count). The molecule has 0 bridgehead atoms. The van der Waals surface area contributed by atoms with E-state index < -0.39 is 0 Å². The third kappa shape index (κ3) is 6.64. The van der Waals surface area contributed by atoms with Crippen molar-refractivity contribution in [2.45, 2.75) is 13.8 Å². The Labute approximate surface area is 380 Å². The fraction of sp³-hybridized carbons (Fsp3) is 0.0312. The van der Waals surface area contributed by atoms with E-state index >= 15 is 0 Å². The summed E-state index contributed by atoms with van der Waals surface area (Å²) in [5, 5.41) is 12.4. The second kappa shape index (κ2) is 15.8. The van der Waals surface area contributed by atoms with Crippen LogP contribution in [0.4, 0.5) is 17.1 Å². The second-order valence-electron chi connectivity index (χ2n) is 17.3. The Morgan fingerprint density at radius 2 is 0.631 bits per heavy atom. The topological polar surface area (TPSA) is 3.24 Å². The summed E-state index contributed by atoms with van der Waals surface area (Å²) < 4.78 is 0. The molecule has 0 saturated heterocycles. The number of benzene rings is 12. The average molecular weight is 828 g/mol. The van der Waals surface area contributed by atoms with Gasteiger partial charge in [0.1, 0.15) is 0 Å². The predicted octanol–water partition coefficient (Wildman–Crippen LogP) is 18.2.